The van der Waals surface area contributed by atoms with Gasteiger partial charge in [-0.1, -0.05) is 13.8 Å². The van der Waals surface area contributed by atoms with E-state index in [0.717, 1.165) is 6.26 Å². The molecule has 56 valence electrons. The van der Waals surface area contributed by atoms with Crippen LogP contribution in [0.15, 0.2) is 0 Å². The molecule has 0 aliphatic carbocycles. The first-order valence-corrected chi connectivity index (χ1v) is 4.75. The molecule has 0 amide bonds. The Kier molecular flexibility index (Phi) is 2.64. The van der Waals surface area contributed by atoms with Crippen LogP contribution < -0.4 is 5.73 Å². The molecule has 0 bridgehead atoms. The Labute approximate surface area is 56.2 Å². The second-order valence-electron chi connectivity index (χ2n) is 2.54. The minimum absolute atomic E-state index is 0.000000000000000222. The Bertz CT molecular complexity index is 171. The van der Waals surface area contributed by atoms with E-state index in [9.17, 15) is 8.42 Å². The predicted molar refractivity (Wildman–Crippen MR) is 37.7 cm³/mol. The third-order valence-corrected chi connectivity index (χ3v) is 2.68. The maximum absolute atomic E-state index is 10.6. The molecule has 0 aromatic carbocycles. The molecule has 2 N–H and O–H groups in total. The minimum Gasteiger partial charge on any atom is -0.315 e. The summed E-state index contributed by atoms with van der Waals surface area (Å²) >= 11 is 0. The van der Waals surface area contributed by atoms with Crippen molar-refractivity contribution in [3.63, 3.8) is 0 Å². The maximum atomic E-state index is 10.6. The molecule has 4 heteroatoms. The van der Waals surface area contributed by atoms with Gasteiger partial charge >= 0.3 is 0 Å². The van der Waals surface area contributed by atoms with Crippen molar-refractivity contribution in [1.82, 2.24) is 0 Å². The Morgan fingerprint density at radius 2 is 1.67 bits per heavy atom. The molecule has 0 aliphatic rings. The molecule has 0 saturated heterocycles. The summed E-state index contributed by atoms with van der Waals surface area (Å²) in [6.07, 6.45) is 1.15. The summed E-state index contributed by atoms with van der Waals surface area (Å²) in [5, 5.41) is -0.711. The van der Waals surface area contributed by atoms with Gasteiger partial charge in [0.15, 0.2) is 9.84 Å². The summed E-state index contributed by atoms with van der Waals surface area (Å²) in [5.41, 5.74) is 5.31. The molecule has 0 heterocycles. The molecule has 0 fully saturated rings. The molecule has 0 saturated carbocycles. The van der Waals surface area contributed by atoms with Gasteiger partial charge in [0.25, 0.3) is 0 Å². The smallest absolute Gasteiger partial charge is 0.163 e. The maximum Gasteiger partial charge on any atom is 0.163 e. The average molecular weight is 151 g/mol. The van der Waals surface area contributed by atoms with E-state index in [2.05, 4.69) is 0 Å². The van der Waals surface area contributed by atoms with Crippen molar-refractivity contribution in [1.29, 1.82) is 0 Å². The van der Waals surface area contributed by atoms with E-state index in [1.54, 1.807) is 13.8 Å². The quantitative estimate of drug-likeness (QED) is 0.603. The van der Waals surface area contributed by atoms with Crippen molar-refractivity contribution >= 4 is 9.84 Å². The van der Waals surface area contributed by atoms with E-state index in [1.165, 1.54) is 0 Å². The van der Waals surface area contributed by atoms with Gasteiger partial charge < -0.3 is 5.73 Å². The van der Waals surface area contributed by atoms with E-state index in [0.29, 0.717) is 0 Å². The Hall–Kier alpha value is -0.0900. The van der Waals surface area contributed by atoms with Gasteiger partial charge in [0.2, 0.25) is 0 Å². The fourth-order valence-corrected chi connectivity index (χ4v) is 1.48. The highest BCUT2D eigenvalue weighted by Crippen LogP contribution is 2.03. The van der Waals surface area contributed by atoms with Gasteiger partial charge in [-0.2, -0.15) is 0 Å². The third kappa shape index (κ3) is 2.81. The Morgan fingerprint density at radius 3 is 1.67 bits per heavy atom. The van der Waals surface area contributed by atoms with Crippen LogP contribution in [0.5, 0.6) is 0 Å². The third-order valence-electron chi connectivity index (χ3n) is 1.15. The second kappa shape index (κ2) is 2.66. The zero-order valence-electron chi connectivity index (χ0n) is 5.96. The van der Waals surface area contributed by atoms with Crippen LogP contribution in [-0.4, -0.2) is 20.0 Å². The molecule has 3 nitrogen and oxygen atoms in total. The summed E-state index contributed by atoms with van der Waals surface area (Å²) in [5.74, 6) is -0.000000000000000222. The minimum atomic E-state index is -3.02. The molecular formula is C5H13NO2S. The van der Waals surface area contributed by atoms with Crippen molar-refractivity contribution in [2.45, 2.75) is 19.2 Å². The summed E-state index contributed by atoms with van der Waals surface area (Å²) in [6.45, 7) is 3.57. The van der Waals surface area contributed by atoms with E-state index in [-0.39, 0.29) is 5.92 Å². The van der Waals surface area contributed by atoms with Gasteiger partial charge in [-0.3, -0.25) is 0 Å². The van der Waals surface area contributed by atoms with Crippen molar-refractivity contribution in [3.8, 4) is 0 Å². The monoisotopic (exact) mass is 151 g/mol. The number of hydrogen-bond donors (Lipinski definition) is 1. The van der Waals surface area contributed by atoms with E-state index >= 15 is 0 Å². The fraction of sp³-hybridized carbons (Fsp3) is 1.00. The van der Waals surface area contributed by atoms with Gasteiger partial charge in [0.1, 0.15) is 5.37 Å². The van der Waals surface area contributed by atoms with Crippen LogP contribution in [0.25, 0.3) is 0 Å². The highest BCUT2D eigenvalue weighted by atomic mass is 32.2. The highest BCUT2D eigenvalue weighted by molar-refractivity contribution is 7.91. The summed E-state index contributed by atoms with van der Waals surface area (Å²) in [7, 11) is -3.02. The average Bonchev–Trinajstić information content (AvgIpc) is 1.62. The molecule has 0 radical (unpaired) electrons. The summed E-state index contributed by atoms with van der Waals surface area (Å²) < 4.78 is 21.3. The molecule has 0 aliphatic heterocycles. The lowest BCUT2D eigenvalue weighted by Crippen LogP contribution is -2.34. The largest absolute Gasteiger partial charge is 0.315 e. The summed E-state index contributed by atoms with van der Waals surface area (Å²) in [4.78, 5) is 0. The molecule has 0 spiro atoms. The number of sulfone groups is 1. The lowest BCUT2D eigenvalue weighted by Gasteiger charge is -2.11. The molecule has 9 heavy (non-hydrogen) atoms. The van der Waals surface area contributed by atoms with Gasteiger partial charge in [-0.05, 0) is 5.92 Å². The van der Waals surface area contributed by atoms with Crippen LogP contribution in [0.1, 0.15) is 13.8 Å². The molecule has 0 rings (SSSR count). The zero-order chi connectivity index (χ0) is 7.65. The standard InChI is InChI=1S/C5H13NO2S/c1-4(2)5(6)9(3,7)8/h4-5H,6H2,1-3H3. The lowest BCUT2D eigenvalue weighted by molar-refractivity contribution is 0.542. The van der Waals surface area contributed by atoms with Crippen LogP contribution >= 0.6 is 0 Å². The van der Waals surface area contributed by atoms with Crippen LogP contribution in [0, 0.1) is 5.92 Å². The van der Waals surface area contributed by atoms with Crippen LogP contribution in [0.2, 0.25) is 0 Å². The van der Waals surface area contributed by atoms with E-state index in [1.807, 2.05) is 0 Å². The molecule has 1 unspecified atom stereocenters. The van der Waals surface area contributed by atoms with Crippen LogP contribution in [0.4, 0.5) is 0 Å². The highest BCUT2D eigenvalue weighted by Gasteiger charge is 2.18. The van der Waals surface area contributed by atoms with Crippen molar-refractivity contribution < 1.29 is 8.42 Å². The van der Waals surface area contributed by atoms with Crippen molar-refractivity contribution in [3.05, 3.63) is 0 Å². The molecule has 1 atom stereocenters. The first-order chi connectivity index (χ1) is 3.85. The normalized spacial score (nSPS) is 16.1. The van der Waals surface area contributed by atoms with Crippen molar-refractivity contribution in [2.24, 2.45) is 11.7 Å². The number of nitrogens with two attached hydrogens (primary N) is 1. The summed E-state index contributed by atoms with van der Waals surface area (Å²) in [6, 6.07) is 0. The molecular weight excluding hydrogens is 138 g/mol. The first-order valence-electron chi connectivity index (χ1n) is 2.80. The molecule has 0 aromatic heterocycles. The van der Waals surface area contributed by atoms with Gasteiger partial charge in [0, 0.05) is 6.26 Å². The van der Waals surface area contributed by atoms with Gasteiger partial charge in [-0.15, -0.1) is 0 Å². The Morgan fingerprint density at radius 1 is 1.33 bits per heavy atom. The topological polar surface area (TPSA) is 60.2 Å². The predicted octanol–water partition coefficient (Wildman–Crippen LogP) is -0.0282. The van der Waals surface area contributed by atoms with Gasteiger partial charge in [0.05, 0.1) is 0 Å². The number of rotatable bonds is 2. The zero-order valence-corrected chi connectivity index (χ0v) is 6.77. The lowest BCUT2D eigenvalue weighted by atomic mass is 10.2. The van der Waals surface area contributed by atoms with Crippen molar-refractivity contribution in [2.75, 3.05) is 6.26 Å². The second-order valence-corrected chi connectivity index (χ2v) is 4.74. The number of hydrogen-bond acceptors (Lipinski definition) is 3. The van der Waals surface area contributed by atoms with Crippen LogP contribution in [-0.2, 0) is 9.84 Å². The molecule has 0 aromatic rings. The Balaban J connectivity index is 4.24. The first kappa shape index (κ1) is 8.91. The SMILES string of the molecule is CC(C)C(N)S(C)(=O)=O. The van der Waals surface area contributed by atoms with E-state index < -0.39 is 15.2 Å². The van der Waals surface area contributed by atoms with E-state index in [4.69, 9.17) is 5.73 Å². The fourth-order valence-electron chi connectivity index (χ4n) is 0.494. The van der Waals surface area contributed by atoms with Crippen LogP contribution in [0.3, 0.4) is 0 Å². The van der Waals surface area contributed by atoms with Gasteiger partial charge in [-0.25, -0.2) is 8.42 Å².